The molecule has 1 atom stereocenters. The van der Waals surface area contributed by atoms with Gasteiger partial charge in [0.15, 0.2) is 22.1 Å². The number of halogens is 6. The third-order valence-electron chi connectivity index (χ3n) is 4.76. The summed E-state index contributed by atoms with van der Waals surface area (Å²) in [5, 5.41) is 3.48. The highest BCUT2D eigenvalue weighted by Crippen LogP contribution is 2.33. The van der Waals surface area contributed by atoms with Crippen LogP contribution in [0.2, 0.25) is 0 Å². The van der Waals surface area contributed by atoms with E-state index in [1.165, 1.54) is 23.9 Å². The second-order valence-corrected chi connectivity index (χ2v) is 8.58. The number of alkyl halides is 6. The van der Waals surface area contributed by atoms with E-state index in [-0.39, 0.29) is 33.4 Å². The van der Waals surface area contributed by atoms with Crippen LogP contribution in [0.4, 0.5) is 26.3 Å². The van der Waals surface area contributed by atoms with Crippen molar-refractivity contribution in [2.24, 2.45) is 7.05 Å². The van der Waals surface area contributed by atoms with E-state index in [9.17, 15) is 30.9 Å². The van der Waals surface area contributed by atoms with Crippen LogP contribution in [-0.2, 0) is 30.6 Å². The summed E-state index contributed by atoms with van der Waals surface area (Å²) in [7, 11) is 1.54. The zero-order valence-corrected chi connectivity index (χ0v) is 17.8. The average Bonchev–Trinajstić information content (AvgIpc) is 3.37. The molecule has 0 fully saturated rings. The van der Waals surface area contributed by atoms with Crippen LogP contribution in [0.25, 0.3) is 28.2 Å². The number of pyridine rings is 2. The SMILES string of the molecule is CC[S+]([O-])c1cc(-n2ccc(C(F)(F)F)n2)cnc1-c1nc2cc(C(F)(F)F)ncc2n1C. The molecule has 0 saturated heterocycles. The highest BCUT2D eigenvalue weighted by molar-refractivity contribution is 7.91. The van der Waals surface area contributed by atoms with Crippen LogP contribution in [0.3, 0.4) is 0 Å². The summed E-state index contributed by atoms with van der Waals surface area (Å²) in [5.74, 6) is 0.292. The van der Waals surface area contributed by atoms with Crippen LogP contribution in [-0.4, -0.2) is 39.6 Å². The van der Waals surface area contributed by atoms with Gasteiger partial charge in [-0.2, -0.15) is 31.4 Å². The van der Waals surface area contributed by atoms with E-state index in [4.69, 9.17) is 0 Å². The third-order valence-corrected chi connectivity index (χ3v) is 6.09. The van der Waals surface area contributed by atoms with Crippen molar-refractivity contribution in [3.05, 3.63) is 48.2 Å². The minimum Gasteiger partial charge on any atom is -0.611 e. The number of rotatable bonds is 4. The lowest BCUT2D eigenvalue weighted by atomic mass is 10.3. The third kappa shape index (κ3) is 4.27. The van der Waals surface area contributed by atoms with Crippen molar-refractivity contribution in [1.29, 1.82) is 0 Å². The van der Waals surface area contributed by atoms with Crippen molar-refractivity contribution in [2.45, 2.75) is 24.2 Å². The number of aromatic nitrogens is 6. The summed E-state index contributed by atoms with van der Waals surface area (Å²) < 4.78 is 92.8. The van der Waals surface area contributed by atoms with Crippen LogP contribution in [0, 0.1) is 0 Å². The number of hydrogen-bond donors (Lipinski definition) is 0. The van der Waals surface area contributed by atoms with Gasteiger partial charge in [0, 0.05) is 19.3 Å². The second kappa shape index (κ2) is 8.02. The highest BCUT2D eigenvalue weighted by Gasteiger charge is 2.35. The molecule has 0 radical (unpaired) electrons. The zero-order valence-electron chi connectivity index (χ0n) is 16.9. The Morgan fingerprint density at radius 3 is 2.30 bits per heavy atom. The molecule has 33 heavy (non-hydrogen) atoms. The number of imidazole rings is 1. The zero-order chi connectivity index (χ0) is 24.1. The van der Waals surface area contributed by atoms with Gasteiger partial charge in [0.25, 0.3) is 0 Å². The minimum atomic E-state index is -4.65. The standard InChI is InChI=1S/C19H14F6N6OS/c1-3-33(32)13-6-10(31-5-4-14(29-31)18(20,21)22)8-27-16(13)17-28-11-7-15(19(23,24)25)26-9-12(11)30(17)2/h4-9H,3H2,1-2H3. The molecule has 7 nitrogen and oxygen atoms in total. The minimum absolute atomic E-state index is 0.0100. The summed E-state index contributed by atoms with van der Waals surface area (Å²) >= 11 is -1.62. The molecule has 1 unspecified atom stereocenters. The van der Waals surface area contributed by atoms with E-state index in [2.05, 4.69) is 20.1 Å². The molecule has 4 aromatic heterocycles. The summed E-state index contributed by atoms with van der Waals surface area (Å²) in [4.78, 5) is 12.0. The fourth-order valence-corrected chi connectivity index (χ4v) is 4.05. The first-order valence-corrected chi connectivity index (χ1v) is 10.6. The molecule has 4 heterocycles. The van der Waals surface area contributed by atoms with Crippen LogP contribution < -0.4 is 0 Å². The van der Waals surface area contributed by atoms with Crippen molar-refractivity contribution in [2.75, 3.05) is 5.75 Å². The Balaban J connectivity index is 1.84. The van der Waals surface area contributed by atoms with E-state index >= 15 is 0 Å². The molecule has 4 rings (SSSR count). The van der Waals surface area contributed by atoms with Gasteiger partial charge in [-0.05, 0) is 30.2 Å². The van der Waals surface area contributed by atoms with E-state index < -0.39 is 34.9 Å². The predicted octanol–water partition coefficient (Wildman–Crippen LogP) is 4.38. The van der Waals surface area contributed by atoms with Gasteiger partial charge in [0.1, 0.15) is 11.4 Å². The summed E-state index contributed by atoms with van der Waals surface area (Å²) in [6.45, 7) is 1.64. The maximum absolute atomic E-state index is 13.0. The van der Waals surface area contributed by atoms with E-state index in [0.29, 0.717) is 5.52 Å². The van der Waals surface area contributed by atoms with Gasteiger partial charge in [-0.3, -0.25) is 0 Å². The van der Waals surface area contributed by atoms with Crippen molar-refractivity contribution in [1.82, 2.24) is 29.3 Å². The van der Waals surface area contributed by atoms with Crippen molar-refractivity contribution < 1.29 is 30.9 Å². The Morgan fingerprint density at radius 2 is 1.70 bits per heavy atom. The van der Waals surface area contributed by atoms with Gasteiger partial charge in [0.2, 0.25) is 0 Å². The lowest BCUT2D eigenvalue weighted by molar-refractivity contribution is -0.142. The van der Waals surface area contributed by atoms with Gasteiger partial charge >= 0.3 is 12.4 Å². The number of aryl methyl sites for hydroxylation is 1. The molecule has 0 aliphatic heterocycles. The Morgan fingerprint density at radius 1 is 1.00 bits per heavy atom. The lowest BCUT2D eigenvalue weighted by Crippen LogP contribution is -2.11. The van der Waals surface area contributed by atoms with Crippen molar-refractivity contribution >= 4 is 22.2 Å². The van der Waals surface area contributed by atoms with Crippen LogP contribution in [0.1, 0.15) is 18.3 Å². The van der Waals surface area contributed by atoms with E-state index in [1.807, 2.05) is 0 Å². The smallest absolute Gasteiger partial charge is 0.435 e. The topological polar surface area (TPSA) is 84.5 Å². The molecular weight excluding hydrogens is 474 g/mol. The molecule has 0 bridgehead atoms. The maximum atomic E-state index is 13.0. The largest absolute Gasteiger partial charge is 0.611 e. The first kappa shape index (κ1) is 23.0. The van der Waals surface area contributed by atoms with Gasteiger partial charge in [-0.15, -0.1) is 0 Å². The molecule has 0 aliphatic rings. The highest BCUT2D eigenvalue weighted by atomic mass is 32.2. The lowest BCUT2D eigenvalue weighted by Gasteiger charge is -2.13. The Kier molecular flexibility index (Phi) is 5.60. The fraction of sp³-hybridized carbons (Fsp3) is 0.263. The predicted molar refractivity (Wildman–Crippen MR) is 106 cm³/mol. The molecule has 0 amide bonds. The van der Waals surface area contributed by atoms with Gasteiger partial charge in [-0.25, -0.2) is 19.6 Å². The molecule has 0 saturated carbocycles. The summed E-state index contributed by atoms with van der Waals surface area (Å²) in [6.07, 6.45) is -5.94. The van der Waals surface area contributed by atoms with Gasteiger partial charge in [-0.1, -0.05) is 0 Å². The first-order chi connectivity index (χ1) is 15.4. The quantitative estimate of drug-likeness (QED) is 0.315. The molecule has 4 aromatic rings. The number of hydrogen-bond acceptors (Lipinski definition) is 5. The average molecular weight is 488 g/mol. The Labute approximate surface area is 185 Å². The first-order valence-electron chi connectivity index (χ1n) is 9.32. The molecule has 0 spiro atoms. The number of nitrogens with zero attached hydrogens (tertiary/aromatic N) is 6. The van der Waals surface area contributed by atoms with Crippen molar-refractivity contribution in [3.63, 3.8) is 0 Å². The van der Waals surface area contributed by atoms with Crippen molar-refractivity contribution in [3.8, 4) is 17.2 Å². The monoisotopic (exact) mass is 488 g/mol. The normalized spacial score (nSPS) is 13.6. The molecule has 0 aliphatic carbocycles. The second-order valence-electron chi connectivity index (χ2n) is 6.87. The summed E-state index contributed by atoms with van der Waals surface area (Å²) in [5.41, 5.74) is -1.66. The van der Waals surface area contributed by atoms with E-state index in [1.54, 1.807) is 6.92 Å². The number of fused-ring (bicyclic) bond motifs is 1. The van der Waals surface area contributed by atoms with Crippen LogP contribution >= 0.6 is 0 Å². The van der Waals surface area contributed by atoms with E-state index in [0.717, 1.165) is 29.2 Å². The van der Waals surface area contributed by atoms with Crippen LogP contribution in [0.5, 0.6) is 0 Å². The maximum Gasteiger partial charge on any atom is 0.435 e. The molecular formula is C19H14F6N6OS. The molecule has 174 valence electrons. The Hall–Kier alpha value is -3.13. The summed E-state index contributed by atoms with van der Waals surface area (Å²) in [6, 6.07) is 2.96. The van der Waals surface area contributed by atoms with Crippen LogP contribution in [0.15, 0.2) is 41.7 Å². The molecule has 0 aromatic carbocycles. The molecule has 0 N–H and O–H groups in total. The fourth-order valence-electron chi connectivity index (χ4n) is 3.13. The van der Waals surface area contributed by atoms with Gasteiger partial charge < -0.3 is 9.12 Å². The Bertz CT molecular complexity index is 1330. The molecule has 14 heteroatoms. The van der Waals surface area contributed by atoms with Gasteiger partial charge in [0.05, 0.1) is 29.1 Å².